The molecule has 3 heterocycles. The van der Waals surface area contributed by atoms with Crippen LogP contribution in [0.1, 0.15) is 25.8 Å². The lowest BCUT2D eigenvalue weighted by Gasteiger charge is -2.19. The highest BCUT2D eigenvalue weighted by molar-refractivity contribution is 7.99. The van der Waals surface area contributed by atoms with E-state index in [2.05, 4.69) is 40.2 Å². The smallest absolute Gasteiger partial charge is 0.175 e. The molecule has 10 heteroatoms. The maximum absolute atomic E-state index is 9.64. The second-order valence-electron chi connectivity index (χ2n) is 7.15. The zero-order valence-electron chi connectivity index (χ0n) is 16.9. The first-order chi connectivity index (χ1) is 14.6. The van der Waals surface area contributed by atoms with Crippen molar-refractivity contribution in [3.8, 4) is 17.6 Å². The van der Waals surface area contributed by atoms with E-state index in [0.29, 0.717) is 65.0 Å². The van der Waals surface area contributed by atoms with Gasteiger partial charge in [0.2, 0.25) is 0 Å². The number of nitrogens with one attached hydrogen (secondary N) is 1. The molecular formula is C20H23N7O2S. The van der Waals surface area contributed by atoms with E-state index in [4.69, 9.17) is 15.2 Å². The molecule has 0 aliphatic carbocycles. The van der Waals surface area contributed by atoms with E-state index in [1.54, 1.807) is 6.07 Å². The normalized spacial score (nSPS) is 13.0. The van der Waals surface area contributed by atoms with Crippen molar-refractivity contribution < 1.29 is 9.47 Å². The van der Waals surface area contributed by atoms with Crippen molar-refractivity contribution in [3.63, 3.8) is 0 Å². The first kappa shape index (κ1) is 20.3. The lowest BCUT2D eigenvalue weighted by molar-refractivity contribution is 0.171. The van der Waals surface area contributed by atoms with Crippen molar-refractivity contribution in [2.45, 2.75) is 42.9 Å². The number of rotatable bonds is 7. The Kier molecular flexibility index (Phi) is 5.92. The van der Waals surface area contributed by atoms with Gasteiger partial charge in [0.25, 0.3) is 0 Å². The first-order valence-corrected chi connectivity index (χ1v) is 10.6. The van der Waals surface area contributed by atoms with Crippen LogP contribution in [0.2, 0.25) is 0 Å². The SMILES string of the molecule is CC(C)NCCCn1c(Sc2cc3c(cc2C#N)OCCO3)nc2c(N)ncnc21. The van der Waals surface area contributed by atoms with Gasteiger partial charge >= 0.3 is 0 Å². The second-order valence-corrected chi connectivity index (χ2v) is 8.15. The third kappa shape index (κ3) is 4.13. The lowest BCUT2D eigenvalue weighted by Crippen LogP contribution is -2.24. The van der Waals surface area contributed by atoms with Gasteiger partial charge in [-0.2, -0.15) is 5.26 Å². The molecule has 9 nitrogen and oxygen atoms in total. The highest BCUT2D eigenvalue weighted by atomic mass is 32.2. The van der Waals surface area contributed by atoms with Gasteiger partial charge in [-0.25, -0.2) is 15.0 Å². The van der Waals surface area contributed by atoms with Crippen LogP contribution in [0.4, 0.5) is 5.82 Å². The standard InChI is InChI=1S/C20H23N7O2S/c1-12(2)23-4-3-5-27-19-17(18(22)24-11-25-19)26-20(27)30-16-9-15-14(8-13(16)10-21)28-6-7-29-15/h8-9,11-12,23H,3-7H2,1-2H3,(H2,22,24,25). The van der Waals surface area contributed by atoms with Crippen LogP contribution >= 0.6 is 11.8 Å². The summed E-state index contributed by atoms with van der Waals surface area (Å²) in [5, 5.41) is 13.8. The Balaban J connectivity index is 1.69. The zero-order chi connectivity index (χ0) is 21.1. The lowest BCUT2D eigenvalue weighted by atomic mass is 10.2. The van der Waals surface area contributed by atoms with Crippen LogP contribution in [0.15, 0.2) is 28.5 Å². The maximum Gasteiger partial charge on any atom is 0.175 e. The van der Waals surface area contributed by atoms with Crippen molar-refractivity contribution >= 4 is 28.7 Å². The Morgan fingerprint density at radius 3 is 2.77 bits per heavy atom. The molecule has 0 radical (unpaired) electrons. The highest BCUT2D eigenvalue weighted by Crippen LogP contribution is 2.40. The zero-order valence-corrected chi connectivity index (χ0v) is 17.7. The van der Waals surface area contributed by atoms with E-state index in [1.165, 1.54) is 18.1 Å². The number of hydrogen-bond donors (Lipinski definition) is 2. The summed E-state index contributed by atoms with van der Waals surface area (Å²) in [4.78, 5) is 13.9. The van der Waals surface area contributed by atoms with Gasteiger partial charge < -0.3 is 25.1 Å². The number of nitriles is 1. The molecular weight excluding hydrogens is 402 g/mol. The van der Waals surface area contributed by atoms with Crippen LogP contribution in [0.3, 0.4) is 0 Å². The number of hydrogen-bond acceptors (Lipinski definition) is 9. The molecule has 2 aromatic heterocycles. The Morgan fingerprint density at radius 2 is 2.03 bits per heavy atom. The highest BCUT2D eigenvalue weighted by Gasteiger charge is 2.20. The number of nitrogens with two attached hydrogens (primary N) is 1. The number of aryl methyl sites for hydroxylation is 1. The minimum Gasteiger partial charge on any atom is -0.486 e. The summed E-state index contributed by atoms with van der Waals surface area (Å²) in [6.45, 7) is 6.77. The van der Waals surface area contributed by atoms with E-state index in [9.17, 15) is 5.26 Å². The summed E-state index contributed by atoms with van der Waals surface area (Å²) in [7, 11) is 0. The molecule has 1 aliphatic rings. The molecule has 156 valence electrons. The summed E-state index contributed by atoms with van der Waals surface area (Å²) in [5.41, 5.74) is 7.79. The molecule has 3 N–H and O–H groups in total. The summed E-state index contributed by atoms with van der Waals surface area (Å²) >= 11 is 1.39. The van der Waals surface area contributed by atoms with Crippen LogP contribution in [-0.2, 0) is 6.54 Å². The number of nitrogens with zero attached hydrogens (tertiary/aromatic N) is 5. The van der Waals surface area contributed by atoms with E-state index in [0.717, 1.165) is 17.9 Å². The largest absolute Gasteiger partial charge is 0.486 e. The fourth-order valence-corrected chi connectivity index (χ4v) is 4.18. The molecule has 0 bridgehead atoms. The summed E-state index contributed by atoms with van der Waals surface area (Å²) in [6, 6.07) is 6.21. The molecule has 4 rings (SSSR count). The maximum atomic E-state index is 9.64. The van der Waals surface area contributed by atoms with Crippen molar-refractivity contribution in [3.05, 3.63) is 24.0 Å². The average Bonchev–Trinajstić information content (AvgIpc) is 3.09. The number of benzene rings is 1. The van der Waals surface area contributed by atoms with Crippen LogP contribution < -0.4 is 20.5 Å². The van der Waals surface area contributed by atoms with E-state index in [1.807, 2.05) is 10.6 Å². The van der Waals surface area contributed by atoms with Crippen molar-refractivity contribution in [2.24, 2.45) is 0 Å². The first-order valence-electron chi connectivity index (χ1n) is 9.78. The van der Waals surface area contributed by atoms with Crippen molar-refractivity contribution in [1.29, 1.82) is 5.26 Å². The number of aromatic nitrogens is 4. The van der Waals surface area contributed by atoms with Gasteiger partial charge in [-0.15, -0.1) is 0 Å². The van der Waals surface area contributed by atoms with Crippen molar-refractivity contribution in [1.82, 2.24) is 24.8 Å². The predicted octanol–water partition coefficient (Wildman–Crippen LogP) is 2.59. The molecule has 1 aliphatic heterocycles. The van der Waals surface area contributed by atoms with Gasteiger partial charge in [-0.05, 0) is 19.0 Å². The quantitative estimate of drug-likeness (QED) is 0.550. The minimum atomic E-state index is 0.337. The molecule has 0 saturated carbocycles. The van der Waals surface area contributed by atoms with Crippen LogP contribution in [0.25, 0.3) is 11.2 Å². The van der Waals surface area contributed by atoms with Gasteiger partial charge in [0.15, 0.2) is 33.6 Å². The molecule has 0 fully saturated rings. The Hall–Kier alpha value is -3.03. The molecule has 0 amide bonds. The van der Waals surface area contributed by atoms with Crippen LogP contribution in [-0.4, -0.2) is 45.3 Å². The third-order valence-corrected chi connectivity index (χ3v) is 5.65. The molecule has 0 unspecified atom stereocenters. The fraction of sp³-hybridized carbons (Fsp3) is 0.400. The molecule has 0 spiro atoms. The Labute approximate surface area is 178 Å². The molecule has 3 aromatic rings. The van der Waals surface area contributed by atoms with Crippen LogP contribution in [0, 0.1) is 11.3 Å². The molecule has 0 atom stereocenters. The average molecular weight is 426 g/mol. The third-order valence-electron chi connectivity index (χ3n) is 4.60. The van der Waals surface area contributed by atoms with Crippen molar-refractivity contribution in [2.75, 3.05) is 25.5 Å². The topological polar surface area (TPSA) is 124 Å². The van der Waals surface area contributed by atoms with E-state index < -0.39 is 0 Å². The Morgan fingerprint density at radius 1 is 1.27 bits per heavy atom. The summed E-state index contributed by atoms with van der Waals surface area (Å²) < 4.78 is 13.3. The number of ether oxygens (including phenoxy) is 2. The number of fused-ring (bicyclic) bond motifs is 2. The van der Waals surface area contributed by atoms with Gasteiger partial charge in [-0.1, -0.05) is 25.6 Å². The molecule has 0 saturated heterocycles. The number of anilines is 1. The fourth-order valence-electron chi connectivity index (χ4n) is 3.18. The molecule has 1 aromatic carbocycles. The van der Waals surface area contributed by atoms with Gasteiger partial charge in [0.05, 0.1) is 5.56 Å². The number of nitrogen functional groups attached to an aromatic ring is 1. The summed E-state index contributed by atoms with van der Waals surface area (Å²) in [5.74, 6) is 1.56. The van der Waals surface area contributed by atoms with Gasteiger partial charge in [0.1, 0.15) is 25.6 Å². The van der Waals surface area contributed by atoms with Crippen LogP contribution in [0.5, 0.6) is 11.5 Å². The summed E-state index contributed by atoms with van der Waals surface area (Å²) in [6.07, 6.45) is 2.34. The molecule has 30 heavy (non-hydrogen) atoms. The van der Waals surface area contributed by atoms with Gasteiger partial charge in [0, 0.05) is 23.5 Å². The van der Waals surface area contributed by atoms with Gasteiger partial charge in [-0.3, -0.25) is 0 Å². The monoisotopic (exact) mass is 425 g/mol. The second kappa shape index (κ2) is 8.77. The van der Waals surface area contributed by atoms with E-state index in [-0.39, 0.29) is 0 Å². The number of imidazole rings is 1. The van der Waals surface area contributed by atoms with E-state index >= 15 is 0 Å². The predicted molar refractivity (Wildman–Crippen MR) is 114 cm³/mol. The minimum absolute atomic E-state index is 0.337. The Bertz CT molecular complexity index is 1110.